The summed E-state index contributed by atoms with van der Waals surface area (Å²) in [5, 5.41) is 9.32. The smallest absolute Gasteiger partial charge is 0.339 e. The van der Waals surface area contributed by atoms with Crippen LogP contribution < -0.4 is 4.74 Å². The number of likely N-dealkylation sites (tertiary alicyclic amines) is 1. The third kappa shape index (κ3) is 3.55. The average Bonchev–Trinajstić information content (AvgIpc) is 2.54. The Bertz CT molecular complexity index is 624. The van der Waals surface area contributed by atoms with Gasteiger partial charge in [-0.25, -0.2) is 4.79 Å². The Morgan fingerprint density at radius 2 is 2.13 bits per heavy atom. The number of hydrogen-bond acceptors (Lipinski definition) is 3. The second kappa shape index (κ2) is 7.31. The van der Waals surface area contributed by atoms with Crippen LogP contribution in [0.4, 0.5) is 0 Å². The lowest BCUT2D eigenvalue weighted by molar-refractivity contribution is 0.0616. The van der Waals surface area contributed by atoms with Crippen LogP contribution in [0.15, 0.2) is 24.8 Å². The Hall–Kier alpha value is -2.30. The second-order valence-corrected chi connectivity index (χ2v) is 5.85. The monoisotopic (exact) mass is 317 g/mol. The van der Waals surface area contributed by atoms with Crippen molar-refractivity contribution in [2.45, 2.75) is 38.6 Å². The number of carboxylic acid groups (broad SMARTS) is 1. The number of methoxy groups -OCH3 is 1. The molecule has 5 heteroatoms. The first-order valence-corrected chi connectivity index (χ1v) is 7.83. The molecule has 1 aromatic rings. The van der Waals surface area contributed by atoms with Crippen LogP contribution in [0.3, 0.4) is 0 Å². The van der Waals surface area contributed by atoms with Crippen molar-refractivity contribution in [3.63, 3.8) is 0 Å². The third-order valence-corrected chi connectivity index (χ3v) is 4.33. The van der Waals surface area contributed by atoms with E-state index in [-0.39, 0.29) is 23.3 Å². The van der Waals surface area contributed by atoms with E-state index in [0.29, 0.717) is 12.1 Å². The van der Waals surface area contributed by atoms with E-state index in [1.807, 2.05) is 11.0 Å². The van der Waals surface area contributed by atoms with E-state index in [1.54, 1.807) is 13.0 Å². The van der Waals surface area contributed by atoms with Gasteiger partial charge in [0, 0.05) is 18.2 Å². The minimum atomic E-state index is -1.10. The van der Waals surface area contributed by atoms with Crippen molar-refractivity contribution >= 4 is 11.9 Å². The molecule has 0 bridgehead atoms. The van der Waals surface area contributed by atoms with Crippen molar-refractivity contribution in [3.05, 3.63) is 41.5 Å². The molecular formula is C18H23NO4. The highest BCUT2D eigenvalue weighted by Gasteiger charge is 2.28. The van der Waals surface area contributed by atoms with Gasteiger partial charge < -0.3 is 14.7 Å². The maximum absolute atomic E-state index is 12.9. The maximum atomic E-state index is 12.9. The van der Waals surface area contributed by atoms with Crippen LogP contribution >= 0.6 is 0 Å². The number of carboxylic acids is 1. The Labute approximate surface area is 136 Å². The number of carbonyl (C=O) groups excluding carboxylic acids is 1. The lowest BCUT2D eigenvalue weighted by Gasteiger charge is -2.35. The van der Waals surface area contributed by atoms with Crippen LogP contribution in [0.5, 0.6) is 5.75 Å². The van der Waals surface area contributed by atoms with Gasteiger partial charge in [-0.05, 0) is 50.3 Å². The number of piperidine rings is 1. The number of benzene rings is 1. The van der Waals surface area contributed by atoms with Crippen LogP contribution in [0.2, 0.25) is 0 Å². The molecule has 1 aliphatic heterocycles. The molecule has 23 heavy (non-hydrogen) atoms. The van der Waals surface area contributed by atoms with Crippen molar-refractivity contribution in [2.75, 3.05) is 13.7 Å². The summed E-state index contributed by atoms with van der Waals surface area (Å²) in [6.45, 7) is 6.27. The minimum absolute atomic E-state index is 0.0127. The fraction of sp³-hybridized carbons (Fsp3) is 0.444. The van der Waals surface area contributed by atoms with Crippen molar-refractivity contribution in [3.8, 4) is 5.75 Å². The molecule has 124 valence electrons. The first-order chi connectivity index (χ1) is 11.0. The van der Waals surface area contributed by atoms with E-state index in [4.69, 9.17) is 4.74 Å². The summed E-state index contributed by atoms with van der Waals surface area (Å²) in [7, 11) is 1.42. The quantitative estimate of drug-likeness (QED) is 0.846. The van der Waals surface area contributed by atoms with Gasteiger partial charge in [0.25, 0.3) is 5.91 Å². The molecule has 2 rings (SSSR count). The van der Waals surface area contributed by atoms with Crippen molar-refractivity contribution in [2.24, 2.45) is 0 Å². The molecule has 0 saturated carbocycles. The van der Waals surface area contributed by atoms with Gasteiger partial charge in [-0.3, -0.25) is 4.79 Å². The van der Waals surface area contributed by atoms with Gasteiger partial charge in [0.1, 0.15) is 11.3 Å². The van der Waals surface area contributed by atoms with Gasteiger partial charge in [0.05, 0.1) is 7.11 Å². The van der Waals surface area contributed by atoms with E-state index in [0.717, 1.165) is 31.2 Å². The van der Waals surface area contributed by atoms with Gasteiger partial charge >= 0.3 is 5.97 Å². The summed E-state index contributed by atoms with van der Waals surface area (Å²) in [6, 6.07) is 3.19. The molecule has 1 aliphatic rings. The van der Waals surface area contributed by atoms with Gasteiger partial charge in [0.15, 0.2) is 0 Å². The third-order valence-electron chi connectivity index (χ3n) is 4.33. The van der Waals surface area contributed by atoms with Crippen molar-refractivity contribution in [1.82, 2.24) is 4.90 Å². The number of amides is 1. The Morgan fingerprint density at radius 3 is 2.74 bits per heavy atom. The molecule has 0 spiro atoms. The summed E-state index contributed by atoms with van der Waals surface area (Å²) >= 11 is 0. The SMILES string of the molecule is C=CCC1CCCCN1C(=O)c1cc(C(=O)O)c(OC)cc1C. The Balaban J connectivity index is 2.39. The number of ether oxygens (including phenoxy) is 1. The fourth-order valence-corrected chi connectivity index (χ4v) is 3.11. The molecule has 1 saturated heterocycles. The van der Waals surface area contributed by atoms with Crippen LogP contribution in [0, 0.1) is 6.92 Å². The van der Waals surface area contributed by atoms with Crippen LogP contribution in [0.1, 0.15) is 52.0 Å². The number of carbonyl (C=O) groups is 2. The second-order valence-electron chi connectivity index (χ2n) is 5.85. The molecule has 1 amide bonds. The highest BCUT2D eigenvalue weighted by atomic mass is 16.5. The number of hydrogen-bond donors (Lipinski definition) is 1. The van der Waals surface area contributed by atoms with Crippen LogP contribution in [-0.2, 0) is 0 Å². The zero-order chi connectivity index (χ0) is 17.0. The summed E-state index contributed by atoms with van der Waals surface area (Å²) in [5.74, 6) is -0.941. The zero-order valence-electron chi connectivity index (χ0n) is 13.7. The van der Waals surface area contributed by atoms with Crippen molar-refractivity contribution < 1.29 is 19.4 Å². The van der Waals surface area contributed by atoms with Crippen molar-refractivity contribution in [1.29, 1.82) is 0 Å². The molecule has 1 atom stereocenters. The topological polar surface area (TPSA) is 66.8 Å². The molecular weight excluding hydrogens is 294 g/mol. The summed E-state index contributed by atoms with van der Waals surface area (Å²) < 4.78 is 5.11. The first kappa shape index (κ1) is 17.1. The number of aromatic carboxylic acids is 1. The largest absolute Gasteiger partial charge is 0.496 e. The molecule has 1 unspecified atom stereocenters. The Morgan fingerprint density at radius 1 is 1.39 bits per heavy atom. The normalized spacial score (nSPS) is 17.7. The molecule has 0 aliphatic carbocycles. The number of aryl methyl sites for hydroxylation is 1. The molecule has 1 fully saturated rings. The molecule has 1 N–H and O–H groups in total. The van der Waals surface area contributed by atoms with E-state index in [1.165, 1.54) is 13.2 Å². The number of nitrogens with zero attached hydrogens (tertiary/aromatic N) is 1. The summed E-state index contributed by atoms with van der Waals surface area (Å²) in [6.07, 6.45) is 5.62. The lowest BCUT2D eigenvalue weighted by Crippen LogP contribution is -2.43. The average molecular weight is 317 g/mol. The van der Waals surface area contributed by atoms with Crippen LogP contribution in [-0.4, -0.2) is 41.6 Å². The van der Waals surface area contributed by atoms with E-state index >= 15 is 0 Å². The standard InChI is InChI=1S/C18H23NO4/c1-4-7-13-8-5-6-9-19(13)17(20)14-11-15(18(21)22)16(23-3)10-12(14)2/h4,10-11,13H,1,5-9H2,2-3H3,(H,21,22). The molecule has 0 radical (unpaired) electrons. The summed E-state index contributed by atoms with van der Waals surface area (Å²) in [5.41, 5.74) is 1.16. The lowest BCUT2D eigenvalue weighted by atomic mass is 9.96. The summed E-state index contributed by atoms with van der Waals surface area (Å²) in [4.78, 5) is 26.2. The minimum Gasteiger partial charge on any atom is -0.496 e. The highest BCUT2D eigenvalue weighted by molar-refractivity contribution is 6.00. The maximum Gasteiger partial charge on any atom is 0.339 e. The predicted molar refractivity (Wildman–Crippen MR) is 88.2 cm³/mol. The van der Waals surface area contributed by atoms with E-state index in [9.17, 15) is 14.7 Å². The van der Waals surface area contributed by atoms with Gasteiger partial charge in [0.2, 0.25) is 0 Å². The molecule has 1 aromatic carbocycles. The fourth-order valence-electron chi connectivity index (χ4n) is 3.11. The predicted octanol–water partition coefficient (Wildman–Crippen LogP) is 3.27. The van der Waals surface area contributed by atoms with Gasteiger partial charge in [-0.2, -0.15) is 0 Å². The highest BCUT2D eigenvalue weighted by Crippen LogP contribution is 2.27. The molecule has 1 heterocycles. The van der Waals surface area contributed by atoms with Gasteiger partial charge in [-0.15, -0.1) is 6.58 Å². The first-order valence-electron chi connectivity index (χ1n) is 7.83. The molecule has 5 nitrogen and oxygen atoms in total. The van der Waals surface area contributed by atoms with E-state index < -0.39 is 5.97 Å². The van der Waals surface area contributed by atoms with E-state index in [2.05, 4.69) is 6.58 Å². The zero-order valence-corrected chi connectivity index (χ0v) is 13.7. The molecule has 0 aromatic heterocycles. The Kier molecular flexibility index (Phi) is 5.42. The number of rotatable bonds is 5. The van der Waals surface area contributed by atoms with Crippen LogP contribution in [0.25, 0.3) is 0 Å². The van der Waals surface area contributed by atoms with Gasteiger partial charge in [-0.1, -0.05) is 6.08 Å².